The smallest absolute Gasteiger partial charge is 0.146 e. The van der Waals surface area contributed by atoms with Gasteiger partial charge in [0.1, 0.15) is 16.8 Å². The van der Waals surface area contributed by atoms with Crippen molar-refractivity contribution in [2.45, 2.75) is 30.4 Å². The Morgan fingerprint density at radius 2 is 1.95 bits per heavy atom. The zero-order chi connectivity index (χ0) is 14.5. The van der Waals surface area contributed by atoms with Gasteiger partial charge in [0.25, 0.3) is 0 Å². The van der Waals surface area contributed by atoms with Crippen molar-refractivity contribution >= 4 is 46.0 Å². The van der Waals surface area contributed by atoms with E-state index < -0.39 is 0 Å². The summed E-state index contributed by atoms with van der Waals surface area (Å²) in [6.45, 7) is 2.11. The molecule has 0 amide bonds. The first-order chi connectivity index (χ1) is 9.60. The Balaban J connectivity index is 2.11. The molecule has 1 aromatic heterocycles. The molecule has 0 saturated heterocycles. The third-order valence-electron chi connectivity index (χ3n) is 2.59. The minimum absolute atomic E-state index is 0.229. The summed E-state index contributed by atoms with van der Waals surface area (Å²) in [6.07, 6.45) is 1.92. The third-order valence-corrected chi connectivity index (χ3v) is 5.33. The summed E-state index contributed by atoms with van der Waals surface area (Å²) in [7, 11) is 0. The van der Waals surface area contributed by atoms with Crippen molar-refractivity contribution in [3.63, 3.8) is 0 Å². The molecule has 0 saturated carbocycles. The van der Waals surface area contributed by atoms with E-state index >= 15 is 0 Å². The normalized spacial score (nSPS) is 10.8. The summed E-state index contributed by atoms with van der Waals surface area (Å²) in [5.74, 6) is 1.11. The van der Waals surface area contributed by atoms with E-state index in [0.717, 1.165) is 27.0 Å². The molecule has 0 atom stereocenters. The maximum atomic E-state index is 12.8. The molecule has 0 unspecified atom stereocenters. The van der Waals surface area contributed by atoms with E-state index in [4.69, 9.17) is 11.6 Å². The molecule has 6 heteroatoms. The van der Waals surface area contributed by atoms with Crippen LogP contribution in [-0.2, 0) is 12.2 Å². The van der Waals surface area contributed by atoms with Gasteiger partial charge in [-0.3, -0.25) is 0 Å². The van der Waals surface area contributed by atoms with E-state index in [9.17, 15) is 4.39 Å². The molecule has 0 aliphatic rings. The molecule has 2 rings (SSSR count). The summed E-state index contributed by atoms with van der Waals surface area (Å²) < 4.78 is 13.8. The van der Waals surface area contributed by atoms with Crippen LogP contribution in [0.25, 0.3) is 0 Å². The van der Waals surface area contributed by atoms with E-state index in [0.29, 0.717) is 16.7 Å². The van der Waals surface area contributed by atoms with Crippen molar-refractivity contribution in [1.29, 1.82) is 0 Å². The zero-order valence-corrected chi connectivity index (χ0v) is 14.6. The van der Waals surface area contributed by atoms with Crippen LogP contribution >= 0.6 is 46.0 Å². The largest absolute Gasteiger partial charge is 0.236 e. The number of hydrogen-bond donors (Lipinski definition) is 0. The van der Waals surface area contributed by atoms with Crippen LogP contribution < -0.4 is 0 Å². The fourth-order valence-corrected chi connectivity index (χ4v) is 3.13. The number of halogens is 3. The highest BCUT2D eigenvalue weighted by atomic mass is 127. The summed E-state index contributed by atoms with van der Waals surface area (Å²) in [5, 5.41) is 0.513. The standard InChI is InChI=1S/C14H13ClFIN2S/c1-2-3-11-13(17)14(15)19-12(18-11)8-20-10-6-4-9(16)5-7-10/h4-7H,2-3,8H2,1H3. The Kier molecular flexibility index (Phi) is 6.04. The summed E-state index contributed by atoms with van der Waals surface area (Å²) in [5.41, 5.74) is 1.00. The van der Waals surface area contributed by atoms with E-state index in [2.05, 4.69) is 39.5 Å². The van der Waals surface area contributed by atoms with Crippen molar-refractivity contribution in [2.75, 3.05) is 0 Å². The Bertz CT molecular complexity index is 592. The molecule has 0 radical (unpaired) electrons. The lowest BCUT2D eigenvalue weighted by atomic mass is 10.2. The lowest BCUT2D eigenvalue weighted by Crippen LogP contribution is -2.02. The SMILES string of the molecule is CCCc1nc(CSc2ccc(F)cc2)nc(Cl)c1I. The first kappa shape index (κ1) is 16.0. The van der Waals surface area contributed by atoms with Crippen LogP contribution in [0, 0.1) is 9.39 Å². The second kappa shape index (κ2) is 7.56. The van der Waals surface area contributed by atoms with E-state index in [1.54, 1.807) is 23.9 Å². The van der Waals surface area contributed by atoms with Gasteiger partial charge in [0.05, 0.1) is 15.0 Å². The Hall–Kier alpha value is -0.400. The predicted molar refractivity (Wildman–Crippen MR) is 89.7 cm³/mol. The Labute approximate surface area is 140 Å². The molecule has 0 aliphatic carbocycles. The monoisotopic (exact) mass is 422 g/mol. The number of hydrogen-bond acceptors (Lipinski definition) is 3. The number of thioether (sulfide) groups is 1. The van der Waals surface area contributed by atoms with Crippen LogP contribution in [0.4, 0.5) is 4.39 Å². The van der Waals surface area contributed by atoms with Gasteiger partial charge in [-0.25, -0.2) is 14.4 Å². The zero-order valence-electron chi connectivity index (χ0n) is 10.9. The first-order valence-electron chi connectivity index (χ1n) is 6.19. The average Bonchev–Trinajstić information content (AvgIpc) is 2.44. The lowest BCUT2D eigenvalue weighted by molar-refractivity contribution is 0.626. The fourth-order valence-electron chi connectivity index (χ4n) is 1.66. The van der Waals surface area contributed by atoms with Crippen LogP contribution in [0.1, 0.15) is 24.9 Å². The maximum Gasteiger partial charge on any atom is 0.146 e. The molecule has 0 aliphatic heterocycles. The van der Waals surface area contributed by atoms with Gasteiger partial charge >= 0.3 is 0 Å². The average molecular weight is 423 g/mol. The molecule has 0 bridgehead atoms. The van der Waals surface area contributed by atoms with Gasteiger partial charge in [-0.1, -0.05) is 24.9 Å². The number of benzene rings is 1. The summed E-state index contributed by atoms with van der Waals surface area (Å²) in [6, 6.07) is 6.40. The molecule has 106 valence electrons. The number of nitrogens with zero attached hydrogens (tertiary/aromatic N) is 2. The molecular weight excluding hydrogens is 410 g/mol. The van der Waals surface area contributed by atoms with Gasteiger partial charge < -0.3 is 0 Å². The van der Waals surface area contributed by atoms with Crippen LogP contribution in [0.3, 0.4) is 0 Å². The Morgan fingerprint density at radius 3 is 2.60 bits per heavy atom. The predicted octanol–water partition coefficient (Wildman–Crippen LogP) is 5.12. The van der Waals surface area contributed by atoms with Crippen LogP contribution in [0.15, 0.2) is 29.2 Å². The molecule has 0 N–H and O–H groups in total. The van der Waals surface area contributed by atoms with Gasteiger partial charge in [0, 0.05) is 4.90 Å². The van der Waals surface area contributed by atoms with Crippen LogP contribution in [-0.4, -0.2) is 9.97 Å². The maximum absolute atomic E-state index is 12.8. The minimum Gasteiger partial charge on any atom is -0.236 e. The van der Waals surface area contributed by atoms with Crippen LogP contribution in [0.2, 0.25) is 5.15 Å². The number of aromatic nitrogens is 2. The molecule has 0 spiro atoms. The van der Waals surface area contributed by atoms with E-state index in [-0.39, 0.29) is 5.82 Å². The van der Waals surface area contributed by atoms with Crippen molar-refractivity contribution < 1.29 is 4.39 Å². The molecule has 2 aromatic rings. The molecule has 1 aromatic carbocycles. The highest BCUT2D eigenvalue weighted by Gasteiger charge is 2.10. The third kappa shape index (κ3) is 4.30. The fraction of sp³-hybridized carbons (Fsp3) is 0.286. The van der Waals surface area contributed by atoms with Gasteiger partial charge in [-0.05, 0) is 53.3 Å². The van der Waals surface area contributed by atoms with Crippen molar-refractivity contribution in [3.05, 3.63) is 50.3 Å². The van der Waals surface area contributed by atoms with E-state index in [1.165, 1.54) is 12.1 Å². The molecule has 1 heterocycles. The van der Waals surface area contributed by atoms with Crippen molar-refractivity contribution in [3.8, 4) is 0 Å². The topological polar surface area (TPSA) is 25.8 Å². The quantitative estimate of drug-likeness (QED) is 0.380. The second-order valence-electron chi connectivity index (χ2n) is 4.18. The highest BCUT2D eigenvalue weighted by Crippen LogP contribution is 2.25. The molecular formula is C14H13ClFIN2S. The lowest BCUT2D eigenvalue weighted by Gasteiger charge is -2.07. The summed E-state index contributed by atoms with van der Waals surface area (Å²) in [4.78, 5) is 9.85. The number of aryl methyl sites for hydroxylation is 1. The van der Waals surface area contributed by atoms with Crippen molar-refractivity contribution in [2.24, 2.45) is 0 Å². The van der Waals surface area contributed by atoms with E-state index in [1.807, 2.05) is 0 Å². The van der Waals surface area contributed by atoms with Gasteiger partial charge in [-0.2, -0.15) is 0 Å². The molecule has 2 nitrogen and oxygen atoms in total. The van der Waals surface area contributed by atoms with Gasteiger partial charge in [-0.15, -0.1) is 11.8 Å². The second-order valence-corrected chi connectivity index (χ2v) is 6.67. The highest BCUT2D eigenvalue weighted by molar-refractivity contribution is 14.1. The number of rotatable bonds is 5. The summed E-state index contributed by atoms with van der Waals surface area (Å²) >= 11 is 9.89. The van der Waals surface area contributed by atoms with Crippen molar-refractivity contribution in [1.82, 2.24) is 9.97 Å². The molecule has 20 heavy (non-hydrogen) atoms. The van der Waals surface area contributed by atoms with Gasteiger partial charge in [0.15, 0.2) is 0 Å². The molecule has 0 fully saturated rings. The Morgan fingerprint density at radius 1 is 1.25 bits per heavy atom. The minimum atomic E-state index is -0.229. The van der Waals surface area contributed by atoms with Gasteiger partial charge in [0.2, 0.25) is 0 Å². The first-order valence-corrected chi connectivity index (χ1v) is 8.63. The van der Waals surface area contributed by atoms with Crippen LogP contribution in [0.5, 0.6) is 0 Å².